The molecule has 1 saturated carbocycles. The molecule has 1 aromatic carbocycles. The Morgan fingerprint density at radius 1 is 0.943 bits per heavy atom. The molecule has 0 spiro atoms. The average molecular weight is 477 g/mol. The summed E-state index contributed by atoms with van der Waals surface area (Å²) in [6.45, 7) is 4.76. The summed E-state index contributed by atoms with van der Waals surface area (Å²) in [5, 5.41) is 3.26. The number of carbonyl (C=O) groups is 1. The number of rotatable bonds is 7. The molecule has 7 heteroatoms. The van der Waals surface area contributed by atoms with E-state index in [2.05, 4.69) is 10.2 Å². The Hall–Kier alpha value is -2.90. The quantitative estimate of drug-likeness (QED) is 0.525. The van der Waals surface area contributed by atoms with Gasteiger partial charge in [0.05, 0.1) is 18.9 Å². The zero-order valence-electron chi connectivity index (χ0n) is 20.5. The van der Waals surface area contributed by atoms with Gasteiger partial charge in [-0.3, -0.25) is 14.5 Å². The first-order valence-electron chi connectivity index (χ1n) is 13.1. The minimum Gasteiger partial charge on any atom is -0.379 e. The fourth-order valence-electron chi connectivity index (χ4n) is 5.41. The Morgan fingerprint density at radius 2 is 1.69 bits per heavy atom. The molecule has 186 valence electrons. The molecule has 2 aromatic heterocycles. The minimum absolute atomic E-state index is 0.109. The molecule has 35 heavy (non-hydrogen) atoms. The number of fused-ring (bicyclic) bond motifs is 1. The van der Waals surface area contributed by atoms with E-state index in [-0.39, 0.29) is 17.5 Å². The van der Waals surface area contributed by atoms with Crippen molar-refractivity contribution in [1.82, 2.24) is 19.2 Å². The van der Waals surface area contributed by atoms with Gasteiger partial charge in [0.15, 0.2) is 0 Å². The van der Waals surface area contributed by atoms with Crippen LogP contribution in [0.3, 0.4) is 0 Å². The Kier molecular flexibility index (Phi) is 7.64. The standard InChI is InChI=1S/C28H36N4O3/c33-27(29-23-11-6-1-2-7-12-23)26-21-32-24(22-9-4-3-5-10-22)13-14-25(32)28(34)31(26)16-8-15-30-17-19-35-20-18-30/h3-5,9-10,13-14,21,23H,1-2,6-8,11-12,15-20H2,(H,29,33). The lowest BCUT2D eigenvalue weighted by Crippen LogP contribution is -2.40. The first-order valence-corrected chi connectivity index (χ1v) is 13.1. The lowest BCUT2D eigenvalue weighted by molar-refractivity contribution is 0.0369. The lowest BCUT2D eigenvalue weighted by atomic mass is 10.1. The van der Waals surface area contributed by atoms with E-state index in [9.17, 15) is 9.59 Å². The first-order chi connectivity index (χ1) is 17.2. The SMILES string of the molecule is O=C(NC1CCCCCC1)c1cn2c(-c3ccccc3)ccc2c(=O)n1CCCN1CCOCC1. The molecule has 2 fully saturated rings. The number of nitrogens with zero attached hydrogens (tertiary/aromatic N) is 3. The van der Waals surface area contributed by atoms with Gasteiger partial charge >= 0.3 is 0 Å². The van der Waals surface area contributed by atoms with Gasteiger partial charge in [0.25, 0.3) is 11.5 Å². The number of hydrogen-bond acceptors (Lipinski definition) is 4. The molecule has 1 aliphatic carbocycles. The van der Waals surface area contributed by atoms with Gasteiger partial charge in [-0.2, -0.15) is 0 Å². The zero-order valence-corrected chi connectivity index (χ0v) is 20.5. The monoisotopic (exact) mass is 476 g/mol. The summed E-state index contributed by atoms with van der Waals surface area (Å²) in [6, 6.07) is 14.0. The predicted molar refractivity (Wildman–Crippen MR) is 138 cm³/mol. The molecule has 1 amide bonds. The highest BCUT2D eigenvalue weighted by atomic mass is 16.5. The summed E-state index contributed by atoms with van der Waals surface area (Å²) in [5.41, 5.74) is 2.87. The van der Waals surface area contributed by atoms with Crippen LogP contribution < -0.4 is 10.9 Å². The molecule has 2 aliphatic rings. The van der Waals surface area contributed by atoms with E-state index in [0.717, 1.165) is 76.2 Å². The van der Waals surface area contributed by atoms with E-state index in [4.69, 9.17) is 4.74 Å². The van der Waals surface area contributed by atoms with Gasteiger partial charge in [-0.25, -0.2) is 0 Å². The fraction of sp³-hybridized carbons (Fsp3) is 0.500. The minimum atomic E-state index is -0.144. The molecule has 1 aliphatic heterocycles. The zero-order chi connectivity index (χ0) is 24.0. The maximum Gasteiger partial charge on any atom is 0.275 e. The summed E-state index contributed by atoms with van der Waals surface area (Å²) in [7, 11) is 0. The number of aromatic nitrogens is 2. The van der Waals surface area contributed by atoms with Crippen molar-refractivity contribution < 1.29 is 9.53 Å². The van der Waals surface area contributed by atoms with Crippen molar-refractivity contribution in [2.45, 2.75) is 57.5 Å². The van der Waals surface area contributed by atoms with Crippen molar-refractivity contribution in [3.63, 3.8) is 0 Å². The number of ether oxygens (including phenoxy) is 1. The Labute approximate surface area is 206 Å². The topological polar surface area (TPSA) is 68.0 Å². The smallest absolute Gasteiger partial charge is 0.275 e. The molecular weight excluding hydrogens is 440 g/mol. The van der Waals surface area contributed by atoms with Crippen molar-refractivity contribution in [3.8, 4) is 11.3 Å². The van der Waals surface area contributed by atoms with E-state index >= 15 is 0 Å². The van der Waals surface area contributed by atoms with Crippen LogP contribution in [0.4, 0.5) is 0 Å². The third-order valence-corrected chi connectivity index (χ3v) is 7.38. The number of morpholine rings is 1. The molecule has 3 aromatic rings. The number of carbonyl (C=O) groups excluding carboxylic acids is 1. The molecular formula is C28H36N4O3. The van der Waals surface area contributed by atoms with E-state index in [1.807, 2.05) is 53.1 Å². The normalized spacial score (nSPS) is 17.9. The second-order valence-corrected chi connectivity index (χ2v) is 9.78. The van der Waals surface area contributed by atoms with Crippen molar-refractivity contribution in [2.75, 3.05) is 32.8 Å². The van der Waals surface area contributed by atoms with Crippen LogP contribution in [0.1, 0.15) is 55.4 Å². The van der Waals surface area contributed by atoms with Crippen LogP contribution in [0, 0.1) is 0 Å². The number of amides is 1. The number of hydrogen-bond donors (Lipinski definition) is 1. The van der Waals surface area contributed by atoms with Crippen molar-refractivity contribution in [2.24, 2.45) is 0 Å². The highest BCUT2D eigenvalue weighted by molar-refractivity contribution is 5.93. The van der Waals surface area contributed by atoms with Crippen molar-refractivity contribution in [1.29, 1.82) is 0 Å². The van der Waals surface area contributed by atoms with Crippen LogP contribution in [0.25, 0.3) is 16.8 Å². The summed E-state index contributed by atoms with van der Waals surface area (Å²) in [5.74, 6) is -0.144. The molecule has 5 rings (SSSR count). The van der Waals surface area contributed by atoms with E-state index < -0.39 is 0 Å². The molecule has 7 nitrogen and oxygen atoms in total. The fourth-order valence-corrected chi connectivity index (χ4v) is 5.41. The van der Waals surface area contributed by atoms with E-state index in [1.165, 1.54) is 12.8 Å². The van der Waals surface area contributed by atoms with Crippen molar-refractivity contribution in [3.05, 3.63) is 64.7 Å². The summed E-state index contributed by atoms with van der Waals surface area (Å²) >= 11 is 0. The van der Waals surface area contributed by atoms with Crippen molar-refractivity contribution >= 4 is 11.4 Å². The summed E-state index contributed by atoms with van der Waals surface area (Å²) < 4.78 is 9.03. The molecule has 0 bridgehead atoms. The predicted octanol–water partition coefficient (Wildman–Crippen LogP) is 3.94. The molecule has 1 saturated heterocycles. The van der Waals surface area contributed by atoms with Gasteiger partial charge in [0.2, 0.25) is 0 Å². The second-order valence-electron chi connectivity index (χ2n) is 9.78. The molecule has 3 heterocycles. The third-order valence-electron chi connectivity index (χ3n) is 7.38. The van der Waals surface area contributed by atoms with Crippen LogP contribution in [-0.4, -0.2) is 58.7 Å². The molecule has 1 N–H and O–H groups in total. The largest absolute Gasteiger partial charge is 0.379 e. The number of benzene rings is 1. The Morgan fingerprint density at radius 3 is 2.43 bits per heavy atom. The number of nitrogens with one attached hydrogen (secondary N) is 1. The van der Waals surface area contributed by atoms with Crippen LogP contribution >= 0.6 is 0 Å². The highest BCUT2D eigenvalue weighted by Gasteiger charge is 2.21. The van der Waals surface area contributed by atoms with Gasteiger partial charge in [0.1, 0.15) is 11.2 Å². The average Bonchev–Trinajstić information content (AvgIpc) is 3.16. The molecule has 0 atom stereocenters. The third kappa shape index (κ3) is 5.52. The van der Waals surface area contributed by atoms with Gasteiger partial charge in [0, 0.05) is 38.4 Å². The Bertz CT molecular complexity index is 1190. The summed E-state index contributed by atoms with van der Waals surface area (Å²) in [4.78, 5) is 29.6. The highest BCUT2D eigenvalue weighted by Crippen LogP contribution is 2.22. The first kappa shape index (κ1) is 23.8. The maximum absolute atomic E-state index is 13.7. The Balaban J connectivity index is 1.46. The van der Waals surface area contributed by atoms with Gasteiger partial charge < -0.3 is 19.0 Å². The second kappa shape index (κ2) is 11.2. The van der Waals surface area contributed by atoms with Crippen LogP contribution in [0.15, 0.2) is 53.5 Å². The molecule has 0 unspecified atom stereocenters. The molecule has 0 radical (unpaired) electrons. The van der Waals surface area contributed by atoms with Crippen LogP contribution in [-0.2, 0) is 11.3 Å². The van der Waals surface area contributed by atoms with Gasteiger partial charge in [-0.15, -0.1) is 0 Å². The summed E-state index contributed by atoms with van der Waals surface area (Å²) in [6.07, 6.45) is 9.44. The van der Waals surface area contributed by atoms with Gasteiger partial charge in [-0.1, -0.05) is 56.0 Å². The maximum atomic E-state index is 13.7. The van der Waals surface area contributed by atoms with Gasteiger partial charge in [-0.05, 0) is 37.0 Å². The van der Waals surface area contributed by atoms with Crippen LogP contribution in [0.2, 0.25) is 0 Å². The van der Waals surface area contributed by atoms with E-state index in [1.54, 1.807) is 4.57 Å². The van der Waals surface area contributed by atoms with Crippen LogP contribution in [0.5, 0.6) is 0 Å². The van der Waals surface area contributed by atoms with E-state index in [0.29, 0.717) is 17.8 Å². The lowest BCUT2D eigenvalue weighted by Gasteiger charge is -2.26.